The fraction of sp³-hybridized carbons (Fsp3) is 1.00. The molecule has 7 nitrogen and oxygen atoms in total. The van der Waals surface area contributed by atoms with E-state index in [4.69, 9.17) is 56.2 Å². The van der Waals surface area contributed by atoms with Gasteiger partial charge in [-0.2, -0.15) is 37.9 Å². The van der Waals surface area contributed by atoms with Crippen LogP contribution in [0.5, 0.6) is 0 Å². The van der Waals surface area contributed by atoms with Gasteiger partial charge in [-0.25, -0.2) is 0 Å². The SMILES string of the molecule is CCO[SiH](CCC(S)C(CCS)(C(S)CC[Si](C)(OC)OC)[Si](OC)(OC)OC)OCC. The first kappa shape index (κ1) is 33.4. The fourth-order valence-electron chi connectivity index (χ4n) is 4.20. The van der Waals surface area contributed by atoms with Crippen molar-refractivity contribution in [3.63, 3.8) is 0 Å². The van der Waals surface area contributed by atoms with E-state index in [0.29, 0.717) is 25.4 Å². The van der Waals surface area contributed by atoms with E-state index in [2.05, 4.69) is 19.2 Å². The van der Waals surface area contributed by atoms with Crippen molar-refractivity contribution >= 4 is 64.5 Å². The summed E-state index contributed by atoms with van der Waals surface area (Å²) < 4.78 is 41.3. The molecule has 0 aliphatic carbocycles. The highest BCUT2D eigenvalue weighted by molar-refractivity contribution is 7.82. The zero-order chi connectivity index (χ0) is 24.8. The molecule has 0 amide bonds. The standard InChI is InChI=1S/C19H46O7S3Si3/c1-9-25-30(26-10-2)15-11-17(28)19(13-14-27,32(22-5,23-6)24-7)18(29)12-16-31(8,20-3)21-4/h17-18,27-30H,9-16H2,1-8H3. The minimum Gasteiger partial charge on any atom is -0.398 e. The molecule has 0 aromatic carbocycles. The number of hydrogen-bond donors (Lipinski definition) is 3. The lowest BCUT2D eigenvalue weighted by atomic mass is 9.92. The molecule has 13 heteroatoms. The van der Waals surface area contributed by atoms with Crippen LogP contribution >= 0.6 is 37.9 Å². The molecule has 3 atom stereocenters. The highest BCUT2D eigenvalue weighted by Gasteiger charge is 2.65. The first-order valence-corrected chi connectivity index (χ1v) is 18.8. The molecule has 0 spiro atoms. The van der Waals surface area contributed by atoms with Gasteiger partial charge < -0.3 is 31.0 Å². The second-order valence-electron chi connectivity index (χ2n) is 7.71. The van der Waals surface area contributed by atoms with Crippen molar-refractivity contribution in [1.29, 1.82) is 0 Å². The van der Waals surface area contributed by atoms with Crippen LogP contribution in [0.3, 0.4) is 0 Å². The minimum absolute atomic E-state index is 0.113. The number of rotatable bonds is 20. The van der Waals surface area contributed by atoms with Gasteiger partial charge >= 0.3 is 26.6 Å². The van der Waals surface area contributed by atoms with Crippen molar-refractivity contribution in [3.05, 3.63) is 0 Å². The molecule has 0 fully saturated rings. The van der Waals surface area contributed by atoms with Crippen molar-refractivity contribution in [1.82, 2.24) is 0 Å². The summed E-state index contributed by atoms with van der Waals surface area (Å²) in [5.74, 6) is 0.625. The maximum atomic E-state index is 6.04. The third-order valence-electron chi connectivity index (χ3n) is 6.21. The third kappa shape index (κ3) is 8.52. The summed E-state index contributed by atoms with van der Waals surface area (Å²) in [5.41, 5.74) is 0. The lowest BCUT2D eigenvalue weighted by Gasteiger charge is -2.50. The third-order valence-corrected chi connectivity index (χ3v) is 17.2. The predicted octanol–water partition coefficient (Wildman–Crippen LogP) is 3.96. The second kappa shape index (κ2) is 17.0. The highest BCUT2D eigenvalue weighted by atomic mass is 32.1. The monoisotopic (exact) mass is 566 g/mol. The molecule has 0 aliphatic rings. The van der Waals surface area contributed by atoms with Crippen LogP contribution in [0, 0.1) is 0 Å². The molecular weight excluding hydrogens is 521 g/mol. The zero-order valence-electron chi connectivity index (χ0n) is 21.1. The van der Waals surface area contributed by atoms with E-state index >= 15 is 0 Å². The van der Waals surface area contributed by atoms with Gasteiger partial charge in [0.15, 0.2) is 0 Å². The van der Waals surface area contributed by atoms with Crippen molar-refractivity contribution in [2.24, 2.45) is 0 Å². The molecule has 194 valence electrons. The first-order chi connectivity index (χ1) is 15.2. The maximum absolute atomic E-state index is 6.04. The topological polar surface area (TPSA) is 64.6 Å². The molecule has 0 rings (SSSR count). The van der Waals surface area contributed by atoms with E-state index in [0.717, 1.165) is 24.9 Å². The molecular formula is C19H46O7S3Si3. The highest BCUT2D eigenvalue weighted by Crippen LogP contribution is 2.56. The summed E-state index contributed by atoms with van der Waals surface area (Å²) >= 11 is 14.9. The van der Waals surface area contributed by atoms with Gasteiger partial charge in [-0.15, -0.1) is 0 Å². The Labute approximate surface area is 216 Å². The largest absolute Gasteiger partial charge is 0.508 e. The van der Waals surface area contributed by atoms with E-state index in [1.165, 1.54) is 0 Å². The van der Waals surface area contributed by atoms with E-state index in [9.17, 15) is 0 Å². The van der Waals surface area contributed by atoms with Crippen LogP contribution in [0.15, 0.2) is 0 Å². The van der Waals surface area contributed by atoms with E-state index in [1.54, 1.807) is 35.5 Å². The van der Waals surface area contributed by atoms with Crippen LogP contribution in [0.25, 0.3) is 0 Å². The van der Waals surface area contributed by atoms with Gasteiger partial charge in [0.2, 0.25) is 0 Å². The Bertz CT molecular complexity index is 477. The van der Waals surface area contributed by atoms with Crippen LogP contribution in [0.2, 0.25) is 23.7 Å². The van der Waals surface area contributed by atoms with E-state index in [-0.39, 0.29) is 10.5 Å². The van der Waals surface area contributed by atoms with Crippen LogP contribution in [-0.2, 0) is 31.0 Å². The van der Waals surface area contributed by atoms with Crippen LogP contribution in [-0.4, -0.2) is 91.7 Å². The average Bonchev–Trinajstić information content (AvgIpc) is 2.81. The summed E-state index contributed by atoms with van der Waals surface area (Å²) in [5, 5.41) is -0.814. The number of thiol groups is 3. The van der Waals surface area contributed by atoms with Gasteiger partial charge in [-0.05, 0) is 57.5 Å². The summed E-state index contributed by atoms with van der Waals surface area (Å²) in [4.78, 5) is 0. The molecule has 0 bridgehead atoms. The van der Waals surface area contributed by atoms with Gasteiger partial charge in [-0.1, -0.05) is 0 Å². The Hall–Kier alpha value is 1.42. The predicted molar refractivity (Wildman–Crippen MR) is 148 cm³/mol. The molecule has 0 aromatic heterocycles. The lowest BCUT2D eigenvalue weighted by molar-refractivity contribution is 0.0837. The first-order valence-electron chi connectivity index (χ1n) is 11.1. The van der Waals surface area contributed by atoms with Gasteiger partial charge in [-0.3, -0.25) is 0 Å². The Balaban J connectivity index is 6.11. The maximum Gasteiger partial charge on any atom is 0.508 e. The number of hydrogen-bond acceptors (Lipinski definition) is 10. The molecule has 0 radical (unpaired) electrons. The Morgan fingerprint density at radius 2 is 1.28 bits per heavy atom. The van der Waals surface area contributed by atoms with Crippen LogP contribution in [0.4, 0.5) is 0 Å². The summed E-state index contributed by atoms with van der Waals surface area (Å²) in [6.07, 6.45) is 2.22. The molecule has 3 unspecified atom stereocenters. The van der Waals surface area contributed by atoms with Gasteiger partial charge in [0.05, 0.1) is 5.04 Å². The average molecular weight is 567 g/mol. The summed E-state index contributed by atoms with van der Waals surface area (Å²) in [6, 6.07) is 1.61. The van der Waals surface area contributed by atoms with E-state index < -0.39 is 31.7 Å². The zero-order valence-corrected chi connectivity index (χ0v) is 26.9. The normalized spacial score (nSPS) is 16.9. The van der Waals surface area contributed by atoms with Gasteiger partial charge in [0, 0.05) is 59.3 Å². The molecule has 0 saturated heterocycles. The van der Waals surface area contributed by atoms with Gasteiger partial charge in [0.1, 0.15) is 0 Å². The molecule has 32 heavy (non-hydrogen) atoms. The van der Waals surface area contributed by atoms with E-state index in [1.807, 2.05) is 13.8 Å². The second-order valence-corrected chi connectivity index (χ2v) is 18.4. The van der Waals surface area contributed by atoms with Crippen LogP contribution in [0.1, 0.15) is 33.1 Å². The molecule has 0 aromatic rings. The minimum atomic E-state index is -3.20. The lowest BCUT2D eigenvalue weighted by Crippen LogP contribution is -2.62. The van der Waals surface area contributed by atoms with Crippen molar-refractivity contribution in [2.45, 2.75) is 67.3 Å². The molecule has 0 N–H and O–H groups in total. The fourth-order valence-corrected chi connectivity index (χ4v) is 13.6. The smallest absolute Gasteiger partial charge is 0.398 e. The quantitative estimate of drug-likeness (QED) is 0.152. The molecule has 0 saturated carbocycles. The Kier molecular flexibility index (Phi) is 17.7. The summed E-state index contributed by atoms with van der Waals surface area (Å²) in [6.45, 7) is 7.35. The van der Waals surface area contributed by atoms with Gasteiger partial charge in [0.25, 0.3) is 0 Å². The molecule has 0 heterocycles. The summed E-state index contributed by atoms with van der Waals surface area (Å²) in [7, 11) is 1.09. The molecule has 0 aliphatic heterocycles. The Morgan fingerprint density at radius 1 is 0.812 bits per heavy atom. The van der Waals surface area contributed by atoms with Crippen LogP contribution < -0.4 is 0 Å². The Morgan fingerprint density at radius 3 is 1.66 bits per heavy atom. The van der Waals surface area contributed by atoms with Crippen molar-refractivity contribution in [2.75, 3.05) is 54.5 Å². The van der Waals surface area contributed by atoms with Crippen molar-refractivity contribution in [3.8, 4) is 0 Å². The van der Waals surface area contributed by atoms with Crippen molar-refractivity contribution < 1.29 is 31.0 Å².